The van der Waals surface area contributed by atoms with Crippen molar-refractivity contribution >= 4 is 5.91 Å². The van der Waals surface area contributed by atoms with Gasteiger partial charge >= 0.3 is 0 Å². The van der Waals surface area contributed by atoms with E-state index in [1.54, 1.807) is 0 Å². The van der Waals surface area contributed by atoms with Crippen molar-refractivity contribution in [1.29, 1.82) is 0 Å². The van der Waals surface area contributed by atoms with Crippen LogP contribution in [0.3, 0.4) is 0 Å². The summed E-state index contributed by atoms with van der Waals surface area (Å²) in [5.74, 6) is 0.458. The Morgan fingerprint density at radius 1 is 1.46 bits per heavy atom. The fraction of sp³-hybridized carbons (Fsp3) is 0.909. The molecule has 0 saturated heterocycles. The van der Waals surface area contributed by atoms with Gasteiger partial charge in [-0.2, -0.15) is 0 Å². The molecular formula is C11H21NO. The molecule has 76 valence electrons. The Morgan fingerprint density at radius 2 is 2.08 bits per heavy atom. The fourth-order valence-corrected chi connectivity index (χ4v) is 1.98. The highest BCUT2D eigenvalue weighted by atomic mass is 16.1. The minimum absolute atomic E-state index is 0.200. The maximum atomic E-state index is 11.6. The molecule has 0 aromatic heterocycles. The van der Waals surface area contributed by atoms with E-state index in [-0.39, 0.29) is 11.8 Å². The van der Waals surface area contributed by atoms with Crippen LogP contribution in [0.4, 0.5) is 0 Å². The SMILES string of the molecule is CCCC(C)C(=O)NC1CCCC1. The van der Waals surface area contributed by atoms with Gasteiger partial charge in [0.1, 0.15) is 0 Å². The molecule has 0 heterocycles. The molecule has 13 heavy (non-hydrogen) atoms. The third-order valence-corrected chi connectivity index (χ3v) is 2.87. The predicted octanol–water partition coefficient (Wildman–Crippen LogP) is 2.48. The zero-order valence-electron chi connectivity index (χ0n) is 8.81. The third kappa shape index (κ3) is 3.37. The summed E-state index contributed by atoms with van der Waals surface area (Å²) in [6.07, 6.45) is 7.05. The Morgan fingerprint density at radius 3 is 2.62 bits per heavy atom. The first kappa shape index (κ1) is 10.6. The number of rotatable bonds is 4. The smallest absolute Gasteiger partial charge is 0.223 e. The molecule has 1 saturated carbocycles. The summed E-state index contributed by atoms with van der Waals surface area (Å²) in [4.78, 5) is 11.6. The number of amides is 1. The topological polar surface area (TPSA) is 29.1 Å². The first-order chi connectivity index (χ1) is 6.24. The lowest BCUT2D eigenvalue weighted by atomic mass is 10.0. The standard InChI is InChI=1S/C11H21NO/c1-3-6-9(2)11(13)12-10-7-4-5-8-10/h9-10H,3-8H2,1-2H3,(H,12,13). The highest BCUT2D eigenvalue weighted by molar-refractivity contribution is 5.78. The highest BCUT2D eigenvalue weighted by Crippen LogP contribution is 2.18. The Hall–Kier alpha value is -0.530. The second-order valence-electron chi connectivity index (χ2n) is 4.18. The number of carbonyl (C=O) groups excluding carboxylic acids is 1. The average Bonchev–Trinajstić information content (AvgIpc) is 2.57. The molecule has 1 aliphatic carbocycles. The predicted molar refractivity (Wildman–Crippen MR) is 54.5 cm³/mol. The van der Waals surface area contributed by atoms with Crippen LogP contribution in [0.25, 0.3) is 0 Å². The summed E-state index contributed by atoms with van der Waals surface area (Å²) in [5.41, 5.74) is 0. The van der Waals surface area contributed by atoms with Crippen LogP contribution in [-0.2, 0) is 4.79 Å². The Kier molecular flexibility index (Phi) is 4.26. The van der Waals surface area contributed by atoms with Crippen molar-refractivity contribution in [1.82, 2.24) is 5.32 Å². The van der Waals surface area contributed by atoms with Crippen molar-refractivity contribution in [2.24, 2.45) is 5.92 Å². The molecule has 1 N–H and O–H groups in total. The van der Waals surface area contributed by atoms with Gasteiger partial charge in [-0.25, -0.2) is 0 Å². The first-order valence-electron chi connectivity index (χ1n) is 5.54. The summed E-state index contributed by atoms with van der Waals surface area (Å²) in [6.45, 7) is 4.15. The Bertz CT molecular complexity index is 161. The van der Waals surface area contributed by atoms with Crippen LogP contribution in [0.5, 0.6) is 0 Å². The van der Waals surface area contributed by atoms with E-state index in [2.05, 4.69) is 12.2 Å². The summed E-state index contributed by atoms with van der Waals surface area (Å²) in [5, 5.41) is 3.12. The van der Waals surface area contributed by atoms with Crippen LogP contribution >= 0.6 is 0 Å². The molecule has 1 amide bonds. The first-order valence-corrected chi connectivity index (χ1v) is 5.54. The normalized spacial score (nSPS) is 20.2. The van der Waals surface area contributed by atoms with E-state index < -0.39 is 0 Å². The van der Waals surface area contributed by atoms with Crippen LogP contribution in [0, 0.1) is 5.92 Å². The van der Waals surface area contributed by atoms with Gasteiger partial charge in [0.25, 0.3) is 0 Å². The number of hydrogen-bond donors (Lipinski definition) is 1. The third-order valence-electron chi connectivity index (χ3n) is 2.87. The second kappa shape index (κ2) is 5.25. The van der Waals surface area contributed by atoms with Gasteiger partial charge in [0.05, 0.1) is 0 Å². The van der Waals surface area contributed by atoms with Crippen LogP contribution in [-0.4, -0.2) is 11.9 Å². The van der Waals surface area contributed by atoms with Crippen LogP contribution in [0.15, 0.2) is 0 Å². The number of hydrogen-bond acceptors (Lipinski definition) is 1. The van der Waals surface area contributed by atoms with Gasteiger partial charge in [-0.15, -0.1) is 0 Å². The van der Waals surface area contributed by atoms with Gasteiger partial charge in [-0.1, -0.05) is 33.1 Å². The van der Waals surface area contributed by atoms with Crippen molar-refractivity contribution in [3.8, 4) is 0 Å². The van der Waals surface area contributed by atoms with E-state index in [0.29, 0.717) is 6.04 Å². The van der Waals surface area contributed by atoms with E-state index in [1.807, 2.05) is 6.92 Å². The lowest BCUT2D eigenvalue weighted by molar-refractivity contribution is -0.125. The maximum Gasteiger partial charge on any atom is 0.223 e. The fourth-order valence-electron chi connectivity index (χ4n) is 1.98. The van der Waals surface area contributed by atoms with E-state index in [4.69, 9.17) is 0 Å². The Balaban J connectivity index is 2.22. The molecule has 0 aromatic rings. The van der Waals surface area contributed by atoms with Crippen LogP contribution < -0.4 is 5.32 Å². The van der Waals surface area contributed by atoms with Gasteiger partial charge in [-0.3, -0.25) is 4.79 Å². The molecule has 1 aliphatic rings. The van der Waals surface area contributed by atoms with E-state index in [9.17, 15) is 4.79 Å². The molecule has 1 fully saturated rings. The largest absolute Gasteiger partial charge is 0.353 e. The highest BCUT2D eigenvalue weighted by Gasteiger charge is 2.19. The van der Waals surface area contributed by atoms with Gasteiger partial charge in [-0.05, 0) is 19.3 Å². The summed E-state index contributed by atoms with van der Waals surface area (Å²) < 4.78 is 0. The van der Waals surface area contributed by atoms with Gasteiger partial charge in [0, 0.05) is 12.0 Å². The van der Waals surface area contributed by atoms with Crippen molar-refractivity contribution in [3.05, 3.63) is 0 Å². The van der Waals surface area contributed by atoms with Crippen molar-refractivity contribution in [3.63, 3.8) is 0 Å². The molecule has 0 spiro atoms. The van der Waals surface area contributed by atoms with E-state index in [1.165, 1.54) is 25.7 Å². The molecule has 0 aromatic carbocycles. The quantitative estimate of drug-likeness (QED) is 0.712. The molecule has 0 bridgehead atoms. The van der Waals surface area contributed by atoms with E-state index in [0.717, 1.165) is 12.8 Å². The Labute approximate surface area is 81.1 Å². The van der Waals surface area contributed by atoms with Crippen molar-refractivity contribution in [2.75, 3.05) is 0 Å². The van der Waals surface area contributed by atoms with Crippen molar-refractivity contribution < 1.29 is 4.79 Å². The van der Waals surface area contributed by atoms with Crippen LogP contribution in [0.2, 0.25) is 0 Å². The summed E-state index contributed by atoms with van der Waals surface area (Å²) >= 11 is 0. The van der Waals surface area contributed by atoms with E-state index >= 15 is 0 Å². The number of carbonyl (C=O) groups is 1. The maximum absolute atomic E-state index is 11.6. The second-order valence-corrected chi connectivity index (χ2v) is 4.18. The molecule has 0 aliphatic heterocycles. The number of nitrogens with one attached hydrogen (secondary N) is 1. The summed E-state index contributed by atoms with van der Waals surface area (Å²) in [6, 6.07) is 0.479. The molecule has 1 atom stereocenters. The molecule has 2 heteroatoms. The summed E-state index contributed by atoms with van der Waals surface area (Å²) in [7, 11) is 0. The molecule has 2 nitrogen and oxygen atoms in total. The molecule has 1 rings (SSSR count). The molecular weight excluding hydrogens is 162 g/mol. The zero-order chi connectivity index (χ0) is 9.68. The lowest BCUT2D eigenvalue weighted by Gasteiger charge is -2.15. The van der Waals surface area contributed by atoms with Gasteiger partial charge in [0.15, 0.2) is 0 Å². The van der Waals surface area contributed by atoms with Crippen LogP contribution in [0.1, 0.15) is 52.4 Å². The van der Waals surface area contributed by atoms with Crippen molar-refractivity contribution in [2.45, 2.75) is 58.4 Å². The zero-order valence-corrected chi connectivity index (χ0v) is 8.81. The monoisotopic (exact) mass is 183 g/mol. The average molecular weight is 183 g/mol. The lowest BCUT2D eigenvalue weighted by Crippen LogP contribution is -2.36. The molecule has 0 radical (unpaired) electrons. The van der Waals surface area contributed by atoms with Gasteiger partial charge < -0.3 is 5.32 Å². The van der Waals surface area contributed by atoms with Gasteiger partial charge in [0.2, 0.25) is 5.91 Å². The molecule has 1 unspecified atom stereocenters. The minimum Gasteiger partial charge on any atom is -0.353 e. The minimum atomic E-state index is 0.200.